The number of hydrogen-bond donors (Lipinski definition) is 1. The summed E-state index contributed by atoms with van der Waals surface area (Å²) in [6.07, 6.45) is 1.50. The maximum Gasteiger partial charge on any atom is 0.336 e. The molecule has 0 radical (unpaired) electrons. The van der Waals surface area contributed by atoms with E-state index in [4.69, 9.17) is 27.9 Å². The van der Waals surface area contributed by atoms with Crippen LogP contribution in [0.3, 0.4) is 0 Å². The Labute approximate surface area is 205 Å². The Morgan fingerprint density at radius 1 is 0.912 bits per heavy atom. The Balaban J connectivity index is 1.16. The van der Waals surface area contributed by atoms with E-state index < -0.39 is 0 Å². The first-order valence-corrected chi connectivity index (χ1v) is 11.3. The second kappa shape index (κ2) is 9.54. The fourth-order valence-electron chi connectivity index (χ4n) is 3.87. The van der Waals surface area contributed by atoms with E-state index in [-0.39, 0.29) is 27.6 Å². The van der Waals surface area contributed by atoms with Crippen LogP contribution in [0.5, 0.6) is 11.8 Å². The van der Waals surface area contributed by atoms with Crippen LogP contribution in [0.25, 0.3) is 11.3 Å². The van der Waals surface area contributed by atoms with Crippen molar-refractivity contribution in [1.82, 2.24) is 20.1 Å². The highest BCUT2D eigenvalue weighted by Crippen LogP contribution is 2.35. The summed E-state index contributed by atoms with van der Waals surface area (Å²) in [6.45, 7) is 2.66. The molecule has 0 spiro atoms. The third-order valence-electron chi connectivity index (χ3n) is 5.61. The lowest BCUT2D eigenvalue weighted by Crippen LogP contribution is -2.15. The van der Waals surface area contributed by atoms with Crippen LogP contribution in [0.2, 0.25) is 10.0 Å². The zero-order valence-corrected chi connectivity index (χ0v) is 19.4. The van der Waals surface area contributed by atoms with Crippen molar-refractivity contribution in [3.8, 4) is 23.0 Å². The molecule has 0 unspecified atom stereocenters. The topological polar surface area (TPSA) is 71.4 Å². The molecule has 34 heavy (non-hydrogen) atoms. The number of hydrogen-bond acceptors (Lipinski definition) is 6. The first kappa shape index (κ1) is 22.5. The van der Waals surface area contributed by atoms with E-state index in [1.807, 2.05) is 18.2 Å². The number of phenols is 1. The third-order valence-corrected chi connectivity index (χ3v) is 6.18. The van der Waals surface area contributed by atoms with E-state index in [1.54, 1.807) is 6.07 Å². The van der Waals surface area contributed by atoms with Gasteiger partial charge < -0.3 is 9.84 Å². The molecule has 0 bridgehead atoms. The third kappa shape index (κ3) is 4.97. The predicted octanol–water partition coefficient (Wildman–Crippen LogP) is 5.78. The Hall–Kier alpha value is -3.26. The van der Waals surface area contributed by atoms with Gasteiger partial charge in [0.2, 0.25) is 0 Å². The van der Waals surface area contributed by atoms with Crippen LogP contribution in [0.15, 0.2) is 60.8 Å². The van der Waals surface area contributed by atoms with Gasteiger partial charge in [-0.15, -0.1) is 5.10 Å². The lowest BCUT2D eigenvalue weighted by molar-refractivity contribution is 0.273. The molecule has 2 heterocycles. The molecule has 1 aliphatic rings. The molecule has 172 valence electrons. The fourth-order valence-corrected chi connectivity index (χ4v) is 4.36. The van der Waals surface area contributed by atoms with Crippen molar-refractivity contribution < 1.29 is 14.2 Å². The summed E-state index contributed by atoms with van der Waals surface area (Å²) in [6, 6.07) is 16.3. The molecule has 1 aliphatic heterocycles. The molecule has 5 rings (SSSR count). The van der Waals surface area contributed by atoms with E-state index in [1.165, 1.54) is 35.5 Å². The second-order valence-electron chi connectivity index (χ2n) is 8.08. The summed E-state index contributed by atoms with van der Waals surface area (Å²) in [5.74, 6) is -0.368. The van der Waals surface area contributed by atoms with Crippen molar-refractivity contribution in [2.45, 2.75) is 26.2 Å². The zero-order valence-electron chi connectivity index (χ0n) is 17.9. The van der Waals surface area contributed by atoms with Crippen LogP contribution in [-0.2, 0) is 26.2 Å². The van der Waals surface area contributed by atoms with E-state index >= 15 is 0 Å². The summed E-state index contributed by atoms with van der Waals surface area (Å²) in [5, 5.41) is 18.0. The van der Waals surface area contributed by atoms with Crippen molar-refractivity contribution in [3.63, 3.8) is 0 Å². The smallest absolute Gasteiger partial charge is 0.336 e. The number of rotatable bonds is 6. The van der Waals surface area contributed by atoms with Gasteiger partial charge in [0.15, 0.2) is 5.75 Å². The van der Waals surface area contributed by atoms with Gasteiger partial charge in [-0.3, -0.25) is 4.90 Å². The Morgan fingerprint density at radius 3 is 2.32 bits per heavy atom. The van der Waals surface area contributed by atoms with Gasteiger partial charge in [-0.2, -0.15) is 0 Å². The zero-order chi connectivity index (χ0) is 23.7. The van der Waals surface area contributed by atoms with Crippen molar-refractivity contribution in [1.29, 1.82) is 0 Å². The van der Waals surface area contributed by atoms with Gasteiger partial charge in [-0.1, -0.05) is 58.6 Å². The maximum atomic E-state index is 13.4. The molecule has 3 aromatic carbocycles. The van der Waals surface area contributed by atoms with Crippen LogP contribution >= 0.6 is 23.2 Å². The van der Waals surface area contributed by atoms with Crippen molar-refractivity contribution in [2.75, 3.05) is 0 Å². The SMILES string of the molecule is Oc1c(Cl)cc(-c2cnc(OCc3ccc(CN4Cc5ccc(F)cc5C4)cc3)nn2)cc1Cl. The number of halogens is 3. The first-order valence-electron chi connectivity index (χ1n) is 10.5. The van der Waals surface area contributed by atoms with Gasteiger partial charge in [0.25, 0.3) is 0 Å². The van der Waals surface area contributed by atoms with Crippen LogP contribution in [0, 0.1) is 5.82 Å². The number of nitrogens with zero attached hydrogens (tertiary/aromatic N) is 4. The van der Waals surface area contributed by atoms with Gasteiger partial charge in [0, 0.05) is 25.2 Å². The Kier molecular flexibility index (Phi) is 6.32. The van der Waals surface area contributed by atoms with E-state index in [2.05, 4.69) is 32.2 Å². The summed E-state index contributed by atoms with van der Waals surface area (Å²) in [7, 11) is 0. The van der Waals surface area contributed by atoms with E-state index in [0.717, 1.165) is 30.8 Å². The quantitative estimate of drug-likeness (QED) is 0.364. The number of fused-ring (bicyclic) bond motifs is 1. The number of ether oxygens (including phenoxy) is 1. The molecular weight excluding hydrogens is 478 g/mol. The van der Waals surface area contributed by atoms with Crippen LogP contribution in [0.4, 0.5) is 4.39 Å². The average Bonchev–Trinajstić information content (AvgIpc) is 3.23. The molecule has 0 amide bonds. The average molecular weight is 497 g/mol. The number of aromatic hydroxyl groups is 1. The molecule has 6 nitrogen and oxygen atoms in total. The number of phenolic OH excluding ortho intramolecular Hbond substituents is 1. The molecule has 1 aromatic heterocycles. The second-order valence-corrected chi connectivity index (χ2v) is 8.89. The van der Waals surface area contributed by atoms with Gasteiger partial charge in [-0.05, 0) is 46.5 Å². The minimum Gasteiger partial charge on any atom is -0.505 e. The molecule has 4 aromatic rings. The molecule has 0 atom stereocenters. The molecule has 9 heteroatoms. The van der Waals surface area contributed by atoms with Crippen LogP contribution < -0.4 is 4.74 Å². The molecule has 0 aliphatic carbocycles. The van der Waals surface area contributed by atoms with Crippen molar-refractivity contribution in [2.24, 2.45) is 0 Å². The van der Waals surface area contributed by atoms with Crippen LogP contribution in [-0.4, -0.2) is 25.2 Å². The Morgan fingerprint density at radius 2 is 1.62 bits per heavy atom. The number of benzene rings is 3. The molecule has 1 N–H and O–H groups in total. The normalized spacial score (nSPS) is 13.1. The monoisotopic (exact) mass is 496 g/mol. The van der Waals surface area contributed by atoms with E-state index in [9.17, 15) is 9.50 Å². The fraction of sp³-hybridized carbons (Fsp3) is 0.160. The first-order chi connectivity index (χ1) is 16.4. The van der Waals surface area contributed by atoms with Gasteiger partial charge >= 0.3 is 6.01 Å². The predicted molar refractivity (Wildman–Crippen MR) is 127 cm³/mol. The minimum atomic E-state index is -0.187. The van der Waals surface area contributed by atoms with Gasteiger partial charge in [0.1, 0.15) is 18.1 Å². The summed E-state index contributed by atoms with van der Waals surface area (Å²) in [4.78, 5) is 6.47. The summed E-state index contributed by atoms with van der Waals surface area (Å²) in [5.41, 5.74) is 5.42. The molecule has 0 saturated heterocycles. The largest absolute Gasteiger partial charge is 0.505 e. The highest BCUT2D eigenvalue weighted by atomic mass is 35.5. The molecule has 0 saturated carbocycles. The van der Waals surface area contributed by atoms with Crippen molar-refractivity contribution in [3.05, 3.63) is 98.9 Å². The summed E-state index contributed by atoms with van der Waals surface area (Å²) >= 11 is 11.9. The molecular formula is C25H19Cl2FN4O2. The lowest BCUT2D eigenvalue weighted by Gasteiger charge is -2.15. The van der Waals surface area contributed by atoms with Gasteiger partial charge in [-0.25, -0.2) is 9.37 Å². The standard InChI is InChI=1S/C25H19Cl2FN4O2/c26-21-8-18(9-22(27)24(21)33)23-10-29-25(31-30-23)34-14-16-3-1-15(2-4-16)11-32-12-17-5-6-20(28)7-19(17)13-32/h1-10,33H,11-14H2. The van der Waals surface area contributed by atoms with Crippen molar-refractivity contribution >= 4 is 23.2 Å². The molecule has 0 fully saturated rings. The Bertz CT molecular complexity index is 1310. The van der Waals surface area contributed by atoms with Crippen LogP contribution in [0.1, 0.15) is 22.3 Å². The minimum absolute atomic E-state index is 0.122. The number of aromatic nitrogens is 3. The van der Waals surface area contributed by atoms with Gasteiger partial charge in [0.05, 0.1) is 16.2 Å². The summed E-state index contributed by atoms with van der Waals surface area (Å²) < 4.78 is 19.1. The van der Waals surface area contributed by atoms with E-state index in [0.29, 0.717) is 17.9 Å². The highest BCUT2D eigenvalue weighted by Gasteiger charge is 2.19. The highest BCUT2D eigenvalue weighted by molar-refractivity contribution is 6.37. The lowest BCUT2D eigenvalue weighted by atomic mass is 10.1. The maximum absolute atomic E-state index is 13.4.